The first-order valence-corrected chi connectivity index (χ1v) is 11.4. The van der Waals surface area contributed by atoms with Crippen LogP contribution in [-0.4, -0.2) is 24.0 Å². The zero-order chi connectivity index (χ0) is 18.9. The highest BCUT2D eigenvalue weighted by Gasteiger charge is 2.06. The van der Waals surface area contributed by atoms with E-state index in [0.29, 0.717) is 22.3 Å². The zero-order valence-corrected chi connectivity index (χ0v) is 18.1. The van der Waals surface area contributed by atoms with Crippen LogP contribution < -0.4 is 5.32 Å². The summed E-state index contributed by atoms with van der Waals surface area (Å²) < 4.78 is 0. The highest BCUT2D eigenvalue weighted by atomic mass is 35.5. The van der Waals surface area contributed by atoms with Crippen molar-refractivity contribution in [2.24, 2.45) is 0 Å². The molecule has 6 heteroatoms. The monoisotopic (exact) mass is 427 g/mol. The van der Waals surface area contributed by atoms with E-state index in [1.165, 1.54) is 16.7 Å². The van der Waals surface area contributed by atoms with Crippen LogP contribution in [0.2, 0.25) is 10.0 Å². The number of hydrogen-bond acceptors (Lipinski definition) is 3. The number of nitrogens with one attached hydrogen (secondary N) is 1. The molecule has 0 heterocycles. The van der Waals surface area contributed by atoms with Gasteiger partial charge in [-0.2, -0.15) is 11.8 Å². The second kappa shape index (κ2) is 11.1. The van der Waals surface area contributed by atoms with Crippen LogP contribution in [0.5, 0.6) is 0 Å². The number of carbonyl (C=O) groups excluding carboxylic acids is 1. The molecule has 26 heavy (non-hydrogen) atoms. The van der Waals surface area contributed by atoms with Crippen LogP contribution in [-0.2, 0) is 16.3 Å². The molecule has 1 amide bonds. The molecule has 0 saturated heterocycles. The van der Waals surface area contributed by atoms with Crippen molar-refractivity contribution in [3.8, 4) is 0 Å². The van der Waals surface area contributed by atoms with E-state index in [1.807, 2.05) is 18.2 Å². The van der Waals surface area contributed by atoms with E-state index in [0.717, 1.165) is 22.8 Å². The Bertz CT molecular complexity index is 712. The van der Waals surface area contributed by atoms with Gasteiger partial charge in [0.2, 0.25) is 5.91 Å². The van der Waals surface area contributed by atoms with E-state index < -0.39 is 0 Å². The van der Waals surface area contributed by atoms with Crippen molar-refractivity contribution in [1.29, 1.82) is 0 Å². The quantitative estimate of drug-likeness (QED) is 0.505. The summed E-state index contributed by atoms with van der Waals surface area (Å²) in [6.45, 7) is 4.85. The number of rotatable bonds is 9. The van der Waals surface area contributed by atoms with Crippen LogP contribution >= 0.6 is 46.7 Å². The fraction of sp³-hybridized carbons (Fsp3) is 0.350. The highest BCUT2D eigenvalue weighted by molar-refractivity contribution is 7.99. The summed E-state index contributed by atoms with van der Waals surface area (Å²) >= 11 is 15.7. The van der Waals surface area contributed by atoms with Gasteiger partial charge in [0.05, 0.1) is 5.75 Å². The van der Waals surface area contributed by atoms with E-state index in [-0.39, 0.29) is 5.91 Å². The largest absolute Gasteiger partial charge is 0.355 e. The lowest BCUT2D eigenvalue weighted by Gasteiger charge is -2.08. The van der Waals surface area contributed by atoms with Gasteiger partial charge in [-0.15, -0.1) is 11.8 Å². The van der Waals surface area contributed by atoms with Crippen molar-refractivity contribution >= 4 is 52.6 Å². The molecule has 0 bridgehead atoms. The van der Waals surface area contributed by atoms with Gasteiger partial charge in [0.25, 0.3) is 0 Å². The molecule has 1 N–H and O–H groups in total. The first kappa shape index (κ1) is 21.5. The third-order valence-corrected chi connectivity index (χ3v) is 6.36. The summed E-state index contributed by atoms with van der Waals surface area (Å²) in [5.74, 6) is 2.99. The van der Waals surface area contributed by atoms with Crippen molar-refractivity contribution in [2.45, 2.75) is 25.4 Å². The lowest BCUT2D eigenvalue weighted by atomic mass is 10.1. The molecule has 2 rings (SSSR count). The third-order valence-electron chi connectivity index (χ3n) is 3.66. The Morgan fingerprint density at radius 3 is 2.31 bits per heavy atom. The topological polar surface area (TPSA) is 29.1 Å². The van der Waals surface area contributed by atoms with Gasteiger partial charge in [0.1, 0.15) is 0 Å². The lowest BCUT2D eigenvalue weighted by Crippen LogP contribution is -2.27. The predicted molar refractivity (Wildman–Crippen MR) is 118 cm³/mol. The molecule has 0 atom stereocenters. The Hall–Kier alpha value is -0.810. The normalized spacial score (nSPS) is 10.8. The molecule has 0 aliphatic rings. The number of aryl methyl sites for hydroxylation is 2. The maximum absolute atomic E-state index is 11.9. The van der Waals surface area contributed by atoms with Gasteiger partial charge in [-0.3, -0.25) is 4.79 Å². The van der Waals surface area contributed by atoms with Gasteiger partial charge < -0.3 is 5.32 Å². The second-order valence-corrected chi connectivity index (χ2v) is 9.00. The van der Waals surface area contributed by atoms with E-state index in [9.17, 15) is 4.79 Å². The summed E-state index contributed by atoms with van der Waals surface area (Å²) in [6.07, 6.45) is 0. The van der Waals surface area contributed by atoms with Crippen molar-refractivity contribution in [3.63, 3.8) is 0 Å². The average molecular weight is 428 g/mol. The molecule has 0 fully saturated rings. The molecule has 0 aliphatic carbocycles. The van der Waals surface area contributed by atoms with Crippen molar-refractivity contribution in [3.05, 3.63) is 68.7 Å². The van der Waals surface area contributed by atoms with Crippen LogP contribution in [0.25, 0.3) is 0 Å². The van der Waals surface area contributed by atoms with Gasteiger partial charge >= 0.3 is 0 Å². The van der Waals surface area contributed by atoms with Crippen LogP contribution in [0.4, 0.5) is 0 Å². The average Bonchev–Trinajstić information content (AvgIpc) is 2.56. The van der Waals surface area contributed by atoms with Gasteiger partial charge in [-0.25, -0.2) is 0 Å². The third kappa shape index (κ3) is 7.43. The Morgan fingerprint density at radius 2 is 1.65 bits per heavy atom. The summed E-state index contributed by atoms with van der Waals surface area (Å²) in [7, 11) is 0. The number of amides is 1. The Morgan fingerprint density at radius 1 is 1.00 bits per heavy atom. The SMILES string of the molecule is Cc1cc(C)cc(CSCC(=O)NCCSCc2c(Cl)cccc2Cl)c1. The van der Waals surface area contributed by atoms with Gasteiger partial charge in [0, 0.05) is 33.8 Å². The van der Waals surface area contributed by atoms with E-state index in [4.69, 9.17) is 23.2 Å². The number of carbonyl (C=O) groups is 1. The molecule has 0 spiro atoms. The summed E-state index contributed by atoms with van der Waals surface area (Å²) in [6, 6.07) is 12.0. The van der Waals surface area contributed by atoms with E-state index in [1.54, 1.807) is 23.5 Å². The van der Waals surface area contributed by atoms with Gasteiger partial charge in [-0.1, -0.05) is 58.6 Å². The maximum Gasteiger partial charge on any atom is 0.230 e. The van der Waals surface area contributed by atoms with E-state index >= 15 is 0 Å². The Kier molecular flexibility index (Phi) is 9.20. The van der Waals surface area contributed by atoms with Crippen LogP contribution in [0.1, 0.15) is 22.3 Å². The lowest BCUT2D eigenvalue weighted by molar-refractivity contribution is -0.118. The molecular weight excluding hydrogens is 405 g/mol. The fourth-order valence-corrected chi connectivity index (χ4v) is 4.96. The smallest absolute Gasteiger partial charge is 0.230 e. The summed E-state index contributed by atoms with van der Waals surface area (Å²) in [4.78, 5) is 11.9. The minimum Gasteiger partial charge on any atom is -0.355 e. The molecule has 0 radical (unpaired) electrons. The molecule has 0 unspecified atom stereocenters. The maximum atomic E-state index is 11.9. The summed E-state index contributed by atoms with van der Waals surface area (Å²) in [5.41, 5.74) is 4.75. The molecule has 2 nitrogen and oxygen atoms in total. The van der Waals surface area contributed by atoms with Crippen LogP contribution in [0, 0.1) is 13.8 Å². The van der Waals surface area contributed by atoms with Crippen molar-refractivity contribution in [2.75, 3.05) is 18.1 Å². The molecule has 140 valence electrons. The Balaban J connectivity index is 1.60. The zero-order valence-electron chi connectivity index (χ0n) is 15.0. The Labute approximate surface area is 174 Å². The molecule has 2 aromatic rings. The van der Waals surface area contributed by atoms with Gasteiger partial charge in [-0.05, 0) is 37.1 Å². The molecule has 0 aliphatic heterocycles. The molecule has 0 aromatic heterocycles. The highest BCUT2D eigenvalue weighted by Crippen LogP contribution is 2.28. The van der Waals surface area contributed by atoms with Crippen molar-refractivity contribution in [1.82, 2.24) is 5.32 Å². The van der Waals surface area contributed by atoms with Crippen molar-refractivity contribution < 1.29 is 4.79 Å². The molecule has 0 saturated carbocycles. The standard InChI is InChI=1S/C20H23Cl2NOS2/c1-14-8-15(2)10-16(9-14)11-26-13-20(24)23-6-7-25-12-17-18(21)4-3-5-19(17)22/h3-5,8-10H,6-7,11-13H2,1-2H3,(H,23,24). The number of halogens is 2. The number of hydrogen-bond donors (Lipinski definition) is 1. The molecular formula is C20H23Cl2NOS2. The first-order chi connectivity index (χ1) is 12.5. The first-order valence-electron chi connectivity index (χ1n) is 8.38. The molecule has 2 aromatic carbocycles. The minimum absolute atomic E-state index is 0.0794. The number of benzene rings is 2. The summed E-state index contributed by atoms with van der Waals surface area (Å²) in [5, 5.41) is 4.34. The predicted octanol–water partition coefficient (Wildman–Crippen LogP) is 5.89. The van der Waals surface area contributed by atoms with Crippen LogP contribution in [0.15, 0.2) is 36.4 Å². The fourth-order valence-electron chi connectivity index (χ4n) is 2.57. The van der Waals surface area contributed by atoms with Gasteiger partial charge in [0.15, 0.2) is 0 Å². The second-order valence-electron chi connectivity index (χ2n) is 6.09. The van der Waals surface area contributed by atoms with Crippen LogP contribution in [0.3, 0.4) is 0 Å². The number of thioether (sulfide) groups is 2. The van der Waals surface area contributed by atoms with E-state index in [2.05, 4.69) is 37.4 Å². The minimum atomic E-state index is 0.0794.